The molecule has 0 atom stereocenters. The van der Waals surface area contributed by atoms with Crippen LogP contribution in [0.2, 0.25) is 0 Å². The highest BCUT2D eigenvalue weighted by Gasteiger charge is 2.33. The summed E-state index contributed by atoms with van der Waals surface area (Å²) in [5.74, 6) is 0.834. The van der Waals surface area contributed by atoms with Crippen molar-refractivity contribution in [3.05, 3.63) is 75.5 Å². The predicted octanol–water partition coefficient (Wildman–Crippen LogP) is 5.01. The summed E-state index contributed by atoms with van der Waals surface area (Å²) in [7, 11) is 0. The molecule has 1 amide bonds. The number of nitrogens with one attached hydrogen (secondary N) is 1. The van der Waals surface area contributed by atoms with E-state index in [4.69, 9.17) is 10.00 Å². The maximum absolute atomic E-state index is 13.4. The Morgan fingerprint density at radius 1 is 1.06 bits per heavy atom. The van der Waals surface area contributed by atoms with E-state index in [1.807, 2.05) is 42.2 Å². The molecular weight excluding hydrogens is 424 g/mol. The number of aromatic nitrogens is 2. The fourth-order valence-corrected chi connectivity index (χ4v) is 5.25. The molecule has 1 N–H and O–H groups in total. The lowest BCUT2D eigenvalue weighted by Crippen LogP contribution is -2.48. The first-order valence-corrected chi connectivity index (χ1v) is 12.0. The zero-order chi connectivity index (χ0) is 23.8. The Hall–Kier alpha value is -3.43. The summed E-state index contributed by atoms with van der Waals surface area (Å²) < 4.78 is 5.52. The van der Waals surface area contributed by atoms with Gasteiger partial charge in [-0.3, -0.25) is 9.89 Å². The number of hydrogen-bond donors (Lipinski definition) is 1. The monoisotopic (exact) mass is 454 g/mol. The number of likely N-dealkylation sites (tertiary alicyclic amines) is 1. The van der Waals surface area contributed by atoms with Crippen LogP contribution in [0.4, 0.5) is 0 Å². The fourth-order valence-electron chi connectivity index (χ4n) is 5.25. The van der Waals surface area contributed by atoms with E-state index in [1.165, 1.54) is 16.8 Å². The van der Waals surface area contributed by atoms with Gasteiger partial charge in [-0.2, -0.15) is 10.4 Å². The van der Waals surface area contributed by atoms with E-state index in [0.717, 1.165) is 54.0 Å². The number of H-pyrrole nitrogens is 1. The first-order valence-electron chi connectivity index (χ1n) is 12.0. The van der Waals surface area contributed by atoms with Crippen LogP contribution >= 0.6 is 0 Å². The molecule has 0 saturated carbocycles. The first kappa shape index (κ1) is 22.4. The minimum Gasteiger partial charge on any atom is -0.381 e. The van der Waals surface area contributed by atoms with Crippen LogP contribution in [0.5, 0.6) is 0 Å². The highest BCUT2D eigenvalue weighted by atomic mass is 16.5. The smallest absolute Gasteiger partial charge is 0.254 e. The highest BCUT2D eigenvalue weighted by Crippen LogP contribution is 2.35. The van der Waals surface area contributed by atoms with Gasteiger partial charge in [-0.25, -0.2) is 0 Å². The number of aromatic amines is 1. The summed E-state index contributed by atoms with van der Waals surface area (Å²) in [5, 5.41) is 17.0. The van der Waals surface area contributed by atoms with E-state index in [9.17, 15) is 4.79 Å². The Morgan fingerprint density at radius 2 is 1.76 bits per heavy atom. The molecule has 174 valence electrons. The molecule has 1 aromatic heterocycles. The summed E-state index contributed by atoms with van der Waals surface area (Å²) in [4.78, 5) is 15.3. The van der Waals surface area contributed by atoms with Gasteiger partial charge < -0.3 is 9.64 Å². The fraction of sp³-hybridized carbons (Fsp3) is 0.393. The average Bonchev–Trinajstić information content (AvgIpc) is 3.20. The van der Waals surface area contributed by atoms with Gasteiger partial charge in [0, 0.05) is 55.0 Å². The third-order valence-corrected chi connectivity index (χ3v) is 7.41. The molecule has 0 unspecified atom stereocenters. The number of carbonyl (C=O) groups is 1. The lowest BCUT2D eigenvalue weighted by molar-refractivity contribution is 0.0601. The molecule has 0 bridgehead atoms. The summed E-state index contributed by atoms with van der Waals surface area (Å²) in [6.07, 6.45) is 2.02. The van der Waals surface area contributed by atoms with E-state index >= 15 is 0 Å². The van der Waals surface area contributed by atoms with Crippen LogP contribution in [-0.4, -0.2) is 47.3 Å². The molecule has 2 aromatic carbocycles. The molecule has 3 heterocycles. The molecule has 2 aliphatic heterocycles. The number of benzene rings is 2. The standard InChI is InChI=1S/C28H30N4O2/c1-17-12-18(2)25(28(33)32-15-23(16-32)21-6-4-20(14-29)5-7-21)13-24(17)27-19(3)26(30-31-27)22-8-10-34-11-9-22/h4-7,12-13,22-23H,8-11,15-16H2,1-3H3,(H,30,31). The van der Waals surface area contributed by atoms with Gasteiger partial charge in [-0.15, -0.1) is 0 Å². The number of hydrogen-bond acceptors (Lipinski definition) is 4. The second-order valence-corrected chi connectivity index (χ2v) is 9.62. The maximum Gasteiger partial charge on any atom is 0.254 e. The van der Waals surface area contributed by atoms with Crippen molar-refractivity contribution in [1.29, 1.82) is 5.26 Å². The Bertz CT molecular complexity index is 1260. The van der Waals surface area contributed by atoms with Gasteiger partial charge in [0.25, 0.3) is 5.91 Å². The molecule has 0 aliphatic carbocycles. The number of aryl methyl sites for hydroxylation is 2. The largest absolute Gasteiger partial charge is 0.381 e. The van der Waals surface area contributed by atoms with Crippen molar-refractivity contribution in [2.45, 2.75) is 45.4 Å². The molecule has 2 aliphatic rings. The van der Waals surface area contributed by atoms with Crippen LogP contribution in [-0.2, 0) is 4.74 Å². The van der Waals surface area contributed by atoms with Crippen LogP contribution < -0.4 is 0 Å². The average molecular weight is 455 g/mol. The van der Waals surface area contributed by atoms with Crippen molar-refractivity contribution in [2.75, 3.05) is 26.3 Å². The Balaban J connectivity index is 1.36. The third kappa shape index (κ3) is 4.01. The first-order chi connectivity index (χ1) is 16.5. The molecule has 2 saturated heterocycles. The number of carbonyl (C=O) groups excluding carboxylic acids is 1. The summed E-state index contributed by atoms with van der Waals surface area (Å²) >= 11 is 0. The molecule has 34 heavy (non-hydrogen) atoms. The Kier molecular flexibility index (Phi) is 5.97. The van der Waals surface area contributed by atoms with E-state index < -0.39 is 0 Å². The predicted molar refractivity (Wildman–Crippen MR) is 131 cm³/mol. The molecule has 3 aromatic rings. The second kappa shape index (κ2) is 9.08. The molecule has 0 spiro atoms. The van der Waals surface area contributed by atoms with Gasteiger partial charge in [0.15, 0.2) is 0 Å². The normalized spacial score (nSPS) is 16.8. The van der Waals surface area contributed by atoms with Crippen LogP contribution in [0.25, 0.3) is 11.3 Å². The van der Waals surface area contributed by atoms with Crippen LogP contribution in [0.15, 0.2) is 36.4 Å². The summed E-state index contributed by atoms with van der Waals surface area (Å²) in [6, 6.07) is 14.0. The summed E-state index contributed by atoms with van der Waals surface area (Å²) in [6.45, 7) is 9.20. The van der Waals surface area contributed by atoms with Gasteiger partial charge in [0.05, 0.1) is 17.3 Å². The van der Waals surface area contributed by atoms with E-state index in [1.54, 1.807) is 0 Å². The number of amides is 1. The SMILES string of the molecule is Cc1cc(C)c(-c2n[nH]c(C3CCOCC3)c2C)cc1C(=O)N1CC(c2ccc(C#N)cc2)C1. The molecule has 6 heteroatoms. The van der Waals surface area contributed by atoms with Gasteiger partial charge in [0.2, 0.25) is 0 Å². The Labute approximate surface area is 200 Å². The van der Waals surface area contributed by atoms with Crippen molar-refractivity contribution in [2.24, 2.45) is 0 Å². The summed E-state index contributed by atoms with van der Waals surface area (Å²) in [5.41, 5.74) is 9.02. The zero-order valence-corrected chi connectivity index (χ0v) is 20.0. The van der Waals surface area contributed by atoms with Gasteiger partial charge in [-0.05, 0) is 74.1 Å². The minimum absolute atomic E-state index is 0.0708. The van der Waals surface area contributed by atoms with Crippen molar-refractivity contribution in [3.8, 4) is 17.3 Å². The van der Waals surface area contributed by atoms with E-state index in [2.05, 4.69) is 36.2 Å². The number of nitriles is 1. The molecular formula is C28H30N4O2. The van der Waals surface area contributed by atoms with Crippen LogP contribution in [0, 0.1) is 32.1 Å². The quantitative estimate of drug-likeness (QED) is 0.601. The minimum atomic E-state index is 0.0708. The Morgan fingerprint density at radius 3 is 2.44 bits per heavy atom. The molecule has 0 radical (unpaired) electrons. The molecule has 5 rings (SSSR count). The number of rotatable bonds is 4. The zero-order valence-electron chi connectivity index (χ0n) is 20.0. The van der Waals surface area contributed by atoms with Crippen molar-refractivity contribution < 1.29 is 9.53 Å². The number of ether oxygens (including phenoxy) is 1. The van der Waals surface area contributed by atoms with Gasteiger partial charge in [0.1, 0.15) is 0 Å². The van der Waals surface area contributed by atoms with Gasteiger partial charge >= 0.3 is 0 Å². The number of nitrogens with zero attached hydrogens (tertiary/aromatic N) is 3. The topological polar surface area (TPSA) is 82.0 Å². The molecule has 2 fully saturated rings. The van der Waals surface area contributed by atoms with Crippen LogP contribution in [0.1, 0.15) is 68.5 Å². The van der Waals surface area contributed by atoms with Crippen molar-refractivity contribution >= 4 is 5.91 Å². The van der Waals surface area contributed by atoms with Crippen LogP contribution in [0.3, 0.4) is 0 Å². The third-order valence-electron chi connectivity index (χ3n) is 7.41. The lowest BCUT2D eigenvalue weighted by atomic mass is 9.88. The molecule has 6 nitrogen and oxygen atoms in total. The van der Waals surface area contributed by atoms with Crippen molar-refractivity contribution in [1.82, 2.24) is 15.1 Å². The van der Waals surface area contributed by atoms with Crippen molar-refractivity contribution in [3.63, 3.8) is 0 Å². The second-order valence-electron chi connectivity index (χ2n) is 9.62. The van der Waals surface area contributed by atoms with Gasteiger partial charge in [-0.1, -0.05) is 18.2 Å². The highest BCUT2D eigenvalue weighted by molar-refractivity contribution is 5.98. The maximum atomic E-state index is 13.4. The van der Waals surface area contributed by atoms with E-state index in [-0.39, 0.29) is 5.91 Å². The lowest BCUT2D eigenvalue weighted by Gasteiger charge is -2.40. The van der Waals surface area contributed by atoms with E-state index in [0.29, 0.717) is 30.5 Å².